The molecule has 1 saturated heterocycles. The summed E-state index contributed by atoms with van der Waals surface area (Å²) in [5.74, 6) is 0.181. The maximum Gasteiger partial charge on any atom is 0.345 e. The fourth-order valence-electron chi connectivity index (χ4n) is 4.82. The molecule has 3 atom stereocenters. The second kappa shape index (κ2) is 4.91. The number of nitrogens with one attached hydrogen (secondary N) is 2. The number of hydrogen-bond acceptors (Lipinski definition) is 4. The third-order valence-electron chi connectivity index (χ3n) is 5.68. The molecule has 1 aliphatic heterocycles. The number of carbonyl (C=O) groups excluding carboxylic acids is 1. The lowest BCUT2D eigenvalue weighted by atomic mass is 9.54. The van der Waals surface area contributed by atoms with Gasteiger partial charge in [0.2, 0.25) is 0 Å². The van der Waals surface area contributed by atoms with Crippen LogP contribution in [-0.4, -0.2) is 34.6 Å². The van der Waals surface area contributed by atoms with Crippen molar-refractivity contribution in [3.8, 4) is 0 Å². The van der Waals surface area contributed by atoms with Gasteiger partial charge in [0.15, 0.2) is 0 Å². The highest BCUT2D eigenvalue weighted by molar-refractivity contribution is 5.92. The molecule has 4 rings (SSSR count). The summed E-state index contributed by atoms with van der Waals surface area (Å²) in [6.07, 6.45) is 6.00. The Morgan fingerprint density at radius 3 is 2.95 bits per heavy atom. The SMILES string of the molecule is Cc1cc(C(=O)N[C@@H]2[C@H]3CCO[C@H]3C23CCCC3)nc(=O)[nH]1. The van der Waals surface area contributed by atoms with Gasteiger partial charge in [-0.05, 0) is 32.3 Å². The molecule has 2 saturated carbocycles. The number of aromatic amines is 1. The first kappa shape index (κ1) is 13.9. The number of rotatable bonds is 2. The van der Waals surface area contributed by atoms with Gasteiger partial charge in [-0.1, -0.05) is 12.8 Å². The lowest BCUT2D eigenvalue weighted by Gasteiger charge is -2.56. The summed E-state index contributed by atoms with van der Waals surface area (Å²) in [4.78, 5) is 30.3. The van der Waals surface area contributed by atoms with Crippen molar-refractivity contribution in [2.45, 2.75) is 51.2 Å². The lowest BCUT2D eigenvalue weighted by Crippen LogP contribution is -2.68. The first-order chi connectivity index (χ1) is 10.6. The number of amides is 1. The van der Waals surface area contributed by atoms with Crippen LogP contribution in [0.2, 0.25) is 0 Å². The van der Waals surface area contributed by atoms with Crippen molar-refractivity contribution >= 4 is 5.91 Å². The van der Waals surface area contributed by atoms with E-state index >= 15 is 0 Å². The average Bonchev–Trinajstić information content (AvgIpc) is 3.11. The molecular weight excluding hydrogens is 282 g/mol. The highest BCUT2D eigenvalue weighted by Crippen LogP contribution is 2.60. The smallest absolute Gasteiger partial charge is 0.345 e. The van der Waals surface area contributed by atoms with Crippen LogP contribution in [0.1, 0.15) is 48.3 Å². The minimum atomic E-state index is -0.476. The van der Waals surface area contributed by atoms with Gasteiger partial charge in [0.25, 0.3) is 5.91 Å². The first-order valence-corrected chi connectivity index (χ1v) is 8.11. The number of hydrogen-bond donors (Lipinski definition) is 2. The zero-order chi connectivity index (χ0) is 15.3. The standard InChI is InChI=1S/C16H21N3O3/c1-9-8-11(18-15(21)17-9)14(20)19-12-10-4-7-22-13(10)16(12)5-2-3-6-16/h8,10,12-13H,2-7H2,1H3,(H,19,20)(H,17,18,21)/t10-,12-,13-/m1/s1. The highest BCUT2D eigenvalue weighted by Gasteiger charge is 2.65. The van der Waals surface area contributed by atoms with Crippen LogP contribution in [0.3, 0.4) is 0 Å². The summed E-state index contributed by atoms with van der Waals surface area (Å²) in [6.45, 7) is 2.55. The molecule has 2 aliphatic carbocycles. The van der Waals surface area contributed by atoms with Gasteiger partial charge >= 0.3 is 5.69 Å². The van der Waals surface area contributed by atoms with Crippen LogP contribution in [0.25, 0.3) is 0 Å². The van der Waals surface area contributed by atoms with Crippen LogP contribution in [0.4, 0.5) is 0 Å². The van der Waals surface area contributed by atoms with Crippen molar-refractivity contribution in [1.82, 2.24) is 15.3 Å². The molecule has 2 heterocycles. The summed E-state index contributed by atoms with van der Waals surface area (Å²) >= 11 is 0. The van der Waals surface area contributed by atoms with Crippen molar-refractivity contribution in [2.24, 2.45) is 11.3 Å². The van der Waals surface area contributed by atoms with Gasteiger partial charge in [-0.2, -0.15) is 4.98 Å². The Bertz CT molecular complexity index is 663. The number of H-pyrrole nitrogens is 1. The van der Waals surface area contributed by atoms with E-state index in [0.29, 0.717) is 17.7 Å². The van der Waals surface area contributed by atoms with Crippen molar-refractivity contribution < 1.29 is 9.53 Å². The van der Waals surface area contributed by atoms with E-state index in [1.54, 1.807) is 13.0 Å². The normalized spacial score (nSPS) is 31.8. The van der Waals surface area contributed by atoms with Crippen LogP contribution in [0.5, 0.6) is 0 Å². The Morgan fingerprint density at radius 1 is 1.45 bits per heavy atom. The molecule has 3 fully saturated rings. The Morgan fingerprint density at radius 2 is 2.23 bits per heavy atom. The quantitative estimate of drug-likeness (QED) is 0.858. The predicted molar refractivity (Wildman–Crippen MR) is 79.6 cm³/mol. The summed E-state index contributed by atoms with van der Waals surface area (Å²) in [5.41, 5.74) is 0.497. The molecule has 1 spiro atoms. The number of aryl methyl sites for hydroxylation is 1. The predicted octanol–water partition coefficient (Wildman–Crippen LogP) is 1.16. The molecule has 2 N–H and O–H groups in total. The van der Waals surface area contributed by atoms with Gasteiger partial charge < -0.3 is 15.0 Å². The average molecular weight is 303 g/mol. The Balaban J connectivity index is 1.57. The highest BCUT2D eigenvalue weighted by atomic mass is 16.5. The van der Waals surface area contributed by atoms with E-state index in [-0.39, 0.29) is 23.1 Å². The van der Waals surface area contributed by atoms with Crippen molar-refractivity contribution in [3.63, 3.8) is 0 Å². The number of ether oxygens (including phenoxy) is 1. The fourth-order valence-corrected chi connectivity index (χ4v) is 4.82. The van der Waals surface area contributed by atoms with Crippen molar-refractivity contribution in [3.05, 3.63) is 27.9 Å². The Labute approximate surface area is 128 Å². The van der Waals surface area contributed by atoms with Crippen molar-refractivity contribution in [2.75, 3.05) is 6.61 Å². The third-order valence-corrected chi connectivity index (χ3v) is 5.68. The van der Waals surface area contributed by atoms with Crippen LogP contribution in [0.15, 0.2) is 10.9 Å². The van der Waals surface area contributed by atoms with Gasteiger partial charge in [-0.25, -0.2) is 4.79 Å². The molecule has 0 radical (unpaired) electrons. The van der Waals surface area contributed by atoms with E-state index < -0.39 is 5.69 Å². The van der Waals surface area contributed by atoms with E-state index in [0.717, 1.165) is 25.9 Å². The molecule has 1 amide bonds. The number of fused-ring (bicyclic) bond motifs is 2. The Kier molecular flexibility index (Phi) is 3.11. The molecule has 6 heteroatoms. The molecule has 0 unspecified atom stereocenters. The number of aromatic nitrogens is 2. The topological polar surface area (TPSA) is 84.1 Å². The molecular formula is C16H21N3O3. The molecule has 6 nitrogen and oxygen atoms in total. The summed E-state index contributed by atoms with van der Waals surface area (Å²) < 4.78 is 5.92. The van der Waals surface area contributed by atoms with Crippen LogP contribution < -0.4 is 11.0 Å². The maximum absolute atomic E-state index is 12.5. The second-order valence-electron chi connectivity index (χ2n) is 6.89. The van der Waals surface area contributed by atoms with Crippen LogP contribution >= 0.6 is 0 Å². The monoisotopic (exact) mass is 303 g/mol. The van der Waals surface area contributed by atoms with Gasteiger partial charge in [0, 0.05) is 29.7 Å². The zero-order valence-corrected chi connectivity index (χ0v) is 12.7. The molecule has 1 aromatic heterocycles. The summed E-state index contributed by atoms with van der Waals surface area (Å²) in [5, 5.41) is 3.16. The van der Waals surface area contributed by atoms with E-state index in [4.69, 9.17) is 4.74 Å². The van der Waals surface area contributed by atoms with Gasteiger partial charge in [0.1, 0.15) is 5.69 Å². The van der Waals surface area contributed by atoms with Gasteiger partial charge in [-0.3, -0.25) is 4.79 Å². The first-order valence-electron chi connectivity index (χ1n) is 8.11. The number of carbonyl (C=O) groups is 1. The Hall–Kier alpha value is -1.69. The molecule has 22 heavy (non-hydrogen) atoms. The largest absolute Gasteiger partial charge is 0.377 e. The van der Waals surface area contributed by atoms with E-state index in [9.17, 15) is 9.59 Å². The fraction of sp³-hybridized carbons (Fsp3) is 0.688. The van der Waals surface area contributed by atoms with Gasteiger partial charge in [-0.15, -0.1) is 0 Å². The van der Waals surface area contributed by atoms with Crippen LogP contribution in [-0.2, 0) is 4.74 Å². The minimum Gasteiger partial charge on any atom is -0.377 e. The maximum atomic E-state index is 12.5. The lowest BCUT2D eigenvalue weighted by molar-refractivity contribution is -0.126. The second-order valence-corrected chi connectivity index (χ2v) is 6.89. The minimum absolute atomic E-state index is 0.118. The van der Waals surface area contributed by atoms with E-state index in [2.05, 4.69) is 15.3 Å². The molecule has 0 bridgehead atoms. The van der Waals surface area contributed by atoms with Crippen molar-refractivity contribution in [1.29, 1.82) is 0 Å². The molecule has 0 aromatic carbocycles. The molecule has 3 aliphatic rings. The molecule has 1 aromatic rings. The third kappa shape index (κ3) is 1.93. The number of nitrogens with zero attached hydrogens (tertiary/aromatic N) is 1. The summed E-state index contributed by atoms with van der Waals surface area (Å²) in [7, 11) is 0. The van der Waals surface area contributed by atoms with E-state index in [1.165, 1.54) is 12.8 Å². The van der Waals surface area contributed by atoms with Gasteiger partial charge in [0.05, 0.1) is 6.10 Å². The summed E-state index contributed by atoms with van der Waals surface area (Å²) in [6, 6.07) is 1.79. The molecule has 118 valence electrons. The zero-order valence-electron chi connectivity index (χ0n) is 12.7. The van der Waals surface area contributed by atoms with E-state index in [1.807, 2.05) is 0 Å². The van der Waals surface area contributed by atoms with Crippen LogP contribution in [0, 0.1) is 18.3 Å².